The Morgan fingerprint density at radius 1 is 1.15 bits per heavy atom. The van der Waals surface area contributed by atoms with Crippen LogP contribution in [-0.2, 0) is 5.41 Å². The third-order valence-corrected chi connectivity index (χ3v) is 2.87. The highest BCUT2D eigenvalue weighted by Gasteiger charge is 2.18. The van der Waals surface area contributed by atoms with Crippen LogP contribution in [0.3, 0.4) is 0 Å². The maximum atomic E-state index is 11.7. The van der Waals surface area contributed by atoms with Crippen molar-refractivity contribution in [1.82, 2.24) is 4.98 Å². The first-order valence-electron chi connectivity index (χ1n) is 7.02. The van der Waals surface area contributed by atoms with E-state index in [1.54, 1.807) is 6.92 Å². The molecule has 0 N–H and O–H groups in total. The molecule has 0 bridgehead atoms. The van der Waals surface area contributed by atoms with E-state index in [9.17, 15) is 4.79 Å². The Morgan fingerprint density at radius 2 is 1.75 bits per heavy atom. The van der Waals surface area contributed by atoms with Gasteiger partial charge in [-0.25, -0.2) is 4.98 Å². The molecule has 1 rings (SSSR count). The summed E-state index contributed by atoms with van der Waals surface area (Å²) in [7, 11) is 0. The fourth-order valence-corrected chi connectivity index (χ4v) is 1.65. The number of hydrogen-bond acceptors (Lipinski definition) is 2. The van der Waals surface area contributed by atoms with Gasteiger partial charge in [0.25, 0.3) is 0 Å². The highest BCUT2D eigenvalue weighted by Crippen LogP contribution is 2.22. The van der Waals surface area contributed by atoms with Crippen LogP contribution in [-0.4, -0.2) is 10.8 Å². The van der Waals surface area contributed by atoms with Crippen molar-refractivity contribution in [3.8, 4) is 11.8 Å². The van der Waals surface area contributed by atoms with E-state index in [1.807, 2.05) is 12.1 Å². The zero-order valence-electron chi connectivity index (χ0n) is 13.7. The third kappa shape index (κ3) is 4.81. The van der Waals surface area contributed by atoms with Gasteiger partial charge in [0.2, 0.25) is 0 Å². The molecule has 0 fully saturated rings. The van der Waals surface area contributed by atoms with Crippen LogP contribution in [0.1, 0.15) is 76.6 Å². The van der Waals surface area contributed by atoms with Gasteiger partial charge in [-0.3, -0.25) is 4.79 Å². The van der Waals surface area contributed by atoms with E-state index in [2.05, 4.69) is 58.4 Å². The second kappa shape index (κ2) is 5.79. The van der Waals surface area contributed by atoms with Crippen LogP contribution in [0.4, 0.5) is 0 Å². The van der Waals surface area contributed by atoms with Crippen LogP contribution in [0, 0.1) is 17.3 Å². The van der Waals surface area contributed by atoms with Crippen molar-refractivity contribution < 1.29 is 4.79 Å². The van der Waals surface area contributed by atoms with Crippen LogP contribution >= 0.6 is 0 Å². The molecule has 0 aliphatic carbocycles. The van der Waals surface area contributed by atoms with Gasteiger partial charge >= 0.3 is 0 Å². The molecule has 1 aromatic rings. The van der Waals surface area contributed by atoms with Gasteiger partial charge in [-0.2, -0.15) is 0 Å². The molecule has 0 aliphatic rings. The molecule has 0 unspecified atom stereocenters. The number of pyridine rings is 1. The second-order valence-electron chi connectivity index (χ2n) is 7.44. The van der Waals surface area contributed by atoms with E-state index in [1.165, 1.54) is 0 Å². The number of Topliss-reactive ketones (excluding diaryl/α,β-unsaturated/α-hetero) is 1. The molecule has 0 radical (unpaired) electrons. The summed E-state index contributed by atoms with van der Waals surface area (Å²) in [6.07, 6.45) is 0.784. The molecule has 0 saturated carbocycles. The number of rotatable bonds is 1. The van der Waals surface area contributed by atoms with Gasteiger partial charge in [0.05, 0.1) is 5.56 Å². The fraction of sp³-hybridized carbons (Fsp3) is 0.556. The zero-order chi connectivity index (χ0) is 15.6. The molecule has 1 aromatic heterocycles. The lowest BCUT2D eigenvalue weighted by atomic mass is 9.90. The van der Waals surface area contributed by atoms with Crippen molar-refractivity contribution in [1.29, 1.82) is 0 Å². The number of hydrogen-bond donors (Lipinski definition) is 0. The summed E-state index contributed by atoms with van der Waals surface area (Å²) in [4.78, 5) is 16.3. The van der Waals surface area contributed by atoms with Crippen molar-refractivity contribution in [2.24, 2.45) is 5.41 Å². The van der Waals surface area contributed by atoms with Gasteiger partial charge in [0.15, 0.2) is 5.78 Å². The smallest absolute Gasteiger partial charge is 0.162 e. The molecule has 108 valence electrons. The molecule has 0 amide bonds. The quantitative estimate of drug-likeness (QED) is 0.561. The predicted octanol–water partition coefficient (Wildman–Crippen LogP) is 4.37. The Labute approximate surface area is 123 Å². The fourth-order valence-electron chi connectivity index (χ4n) is 1.65. The van der Waals surface area contributed by atoms with Gasteiger partial charge in [-0.15, -0.1) is 0 Å². The van der Waals surface area contributed by atoms with Crippen LogP contribution in [0.25, 0.3) is 0 Å². The monoisotopic (exact) mass is 271 g/mol. The highest BCUT2D eigenvalue weighted by molar-refractivity contribution is 5.96. The normalized spacial score (nSPS) is 11.8. The van der Waals surface area contributed by atoms with E-state index >= 15 is 0 Å². The maximum Gasteiger partial charge on any atom is 0.162 e. The Balaban J connectivity index is 3.23. The number of nitrogens with zero attached hydrogens (tertiary/aromatic N) is 1. The summed E-state index contributed by atoms with van der Waals surface area (Å²) in [6, 6.07) is 3.77. The van der Waals surface area contributed by atoms with Crippen molar-refractivity contribution in [2.45, 2.75) is 60.3 Å². The lowest BCUT2D eigenvalue weighted by Gasteiger charge is -2.18. The summed E-state index contributed by atoms with van der Waals surface area (Å²) in [6.45, 7) is 14.3. The van der Waals surface area contributed by atoms with Crippen LogP contribution in [0.2, 0.25) is 0 Å². The Bertz CT molecular complexity index is 560. The minimum Gasteiger partial charge on any atom is -0.294 e. The van der Waals surface area contributed by atoms with E-state index in [0.29, 0.717) is 11.3 Å². The minimum atomic E-state index is -0.0459. The van der Waals surface area contributed by atoms with E-state index in [4.69, 9.17) is 0 Å². The average molecular weight is 271 g/mol. The molecule has 1 heterocycles. The number of carbonyl (C=O) groups excluding carboxylic acids is 1. The van der Waals surface area contributed by atoms with E-state index < -0.39 is 0 Å². The zero-order valence-corrected chi connectivity index (χ0v) is 13.7. The average Bonchev–Trinajstić information content (AvgIpc) is 2.25. The van der Waals surface area contributed by atoms with Crippen LogP contribution in [0.5, 0.6) is 0 Å². The molecule has 20 heavy (non-hydrogen) atoms. The molecule has 0 saturated heterocycles. The molecule has 0 atom stereocenters. The Hall–Kier alpha value is -1.62. The Morgan fingerprint density at radius 3 is 2.20 bits per heavy atom. The van der Waals surface area contributed by atoms with Gasteiger partial charge in [0.1, 0.15) is 5.69 Å². The topological polar surface area (TPSA) is 30.0 Å². The first-order valence-corrected chi connectivity index (χ1v) is 7.02. The SMILES string of the molecule is CC(=O)c1ccc(C(C)(C)C)nc1C#CCC(C)(C)C. The highest BCUT2D eigenvalue weighted by atomic mass is 16.1. The Kier molecular flexibility index (Phi) is 4.76. The summed E-state index contributed by atoms with van der Waals surface area (Å²) in [5.41, 5.74) is 2.29. The van der Waals surface area contributed by atoms with Crippen molar-refractivity contribution >= 4 is 5.78 Å². The number of aromatic nitrogens is 1. The summed E-state index contributed by atoms with van der Waals surface area (Å²) in [5.74, 6) is 6.24. The summed E-state index contributed by atoms with van der Waals surface area (Å²) >= 11 is 0. The van der Waals surface area contributed by atoms with E-state index in [0.717, 1.165) is 12.1 Å². The summed E-state index contributed by atoms with van der Waals surface area (Å²) in [5, 5.41) is 0. The van der Waals surface area contributed by atoms with Gasteiger partial charge in [-0.1, -0.05) is 47.5 Å². The van der Waals surface area contributed by atoms with Crippen LogP contribution < -0.4 is 0 Å². The summed E-state index contributed by atoms with van der Waals surface area (Å²) < 4.78 is 0. The lowest BCUT2D eigenvalue weighted by molar-refractivity contribution is 0.101. The molecule has 0 spiro atoms. The van der Waals surface area contributed by atoms with Gasteiger partial charge < -0.3 is 0 Å². The van der Waals surface area contributed by atoms with Crippen molar-refractivity contribution in [3.63, 3.8) is 0 Å². The van der Waals surface area contributed by atoms with E-state index in [-0.39, 0.29) is 16.6 Å². The molecule has 2 heteroatoms. The first kappa shape index (κ1) is 16.4. The molecule has 2 nitrogen and oxygen atoms in total. The molecule has 0 aliphatic heterocycles. The minimum absolute atomic E-state index is 0.0121. The lowest BCUT2D eigenvalue weighted by Crippen LogP contribution is -2.15. The van der Waals surface area contributed by atoms with Crippen LogP contribution in [0.15, 0.2) is 12.1 Å². The number of carbonyl (C=O) groups is 1. The molecular weight excluding hydrogens is 246 g/mol. The predicted molar refractivity (Wildman–Crippen MR) is 83.9 cm³/mol. The molecule has 0 aromatic carbocycles. The van der Waals surface area contributed by atoms with Crippen molar-refractivity contribution in [3.05, 3.63) is 29.1 Å². The third-order valence-electron chi connectivity index (χ3n) is 2.87. The molecular formula is C18H25NO. The van der Waals surface area contributed by atoms with Gasteiger partial charge in [-0.05, 0) is 30.4 Å². The van der Waals surface area contributed by atoms with Gasteiger partial charge in [0, 0.05) is 17.5 Å². The second-order valence-corrected chi connectivity index (χ2v) is 7.44. The van der Waals surface area contributed by atoms with Crippen molar-refractivity contribution in [2.75, 3.05) is 0 Å². The first-order chi connectivity index (χ1) is 9.00. The largest absolute Gasteiger partial charge is 0.294 e. The number of ketones is 1. The standard InChI is InChI=1S/C18H25NO/c1-13(20)14-10-11-16(18(5,6)7)19-15(14)9-8-12-17(2,3)4/h10-11H,12H2,1-7H3. The maximum absolute atomic E-state index is 11.7.